The Labute approximate surface area is 1140 Å². The molecule has 0 heterocycles. The molecule has 0 fully saturated rings. The van der Waals surface area contributed by atoms with E-state index in [4.69, 9.17) is 0 Å². The second-order valence-corrected chi connectivity index (χ2v) is 37.2. The summed E-state index contributed by atoms with van der Waals surface area (Å²) >= 11 is 18.9. The van der Waals surface area contributed by atoms with Crippen molar-refractivity contribution in [3.05, 3.63) is 46.6 Å². The average molecular weight is 8420 g/mol. The molecule has 0 aromatic rings. The van der Waals surface area contributed by atoms with Crippen LogP contribution in [0.5, 0.6) is 0 Å². The maximum absolute atomic E-state index is 3.19. The molecule has 0 saturated heterocycles. The molecular formula is C52H76W42-4. The maximum Gasteiger partial charge on any atom is 0 e. The number of rotatable bonds is 4. The topological polar surface area (TPSA) is 0 Å². The molecule has 540 valence electrons. The monoisotopic (exact) mass is 8430 g/mol. The first-order valence-electron chi connectivity index (χ1n) is 21.4. The van der Waals surface area contributed by atoms with Crippen LogP contribution >= 0.6 is 0 Å². The first-order chi connectivity index (χ1) is 28.7. The van der Waals surface area contributed by atoms with Crippen LogP contribution in [0.25, 0.3) is 0 Å². The molecule has 0 aromatic heterocycles. The van der Waals surface area contributed by atoms with Crippen molar-refractivity contribution in [3.8, 4) is 0 Å². The van der Waals surface area contributed by atoms with Crippen molar-refractivity contribution >= 4 is 48.8 Å². The molecule has 0 spiro atoms. The van der Waals surface area contributed by atoms with Crippen LogP contribution in [0.2, 0.25) is 0 Å². The molecule has 4 aliphatic carbocycles. The van der Waals surface area contributed by atoms with Crippen molar-refractivity contribution in [3.63, 3.8) is 0 Å². The van der Waals surface area contributed by atoms with Gasteiger partial charge in [0.1, 0.15) is 0 Å². The first-order valence-corrected chi connectivity index (χ1v) is 39.0. The van der Waals surface area contributed by atoms with Gasteiger partial charge in [0.25, 0.3) is 0 Å². The van der Waals surface area contributed by atoms with E-state index in [1.165, 1.54) is 103 Å². The van der Waals surface area contributed by atoms with Crippen LogP contribution in [0, 0.1) is 45.3 Å². The van der Waals surface area contributed by atoms with Gasteiger partial charge in [-0.3, -0.25) is 0 Å². The van der Waals surface area contributed by atoms with Gasteiger partial charge in [-0.15, -0.1) is 0 Å². The molecular weight excluding hydrogens is 8350 g/mol. The summed E-state index contributed by atoms with van der Waals surface area (Å²) in [5.74, 6) is 2.94. The Kier molecular flexibility index (Phi) is 336. The summed E-state index contributed by atoms with van der Waals surface area (Å²) in [4.78, 5) is 0. The number of hydrogen-bond acceptors (Lipinski definition) is 0. The third-order valence-electron chi connectivity index (χ3n) is 8.14. The van der Waals surface area contributed by atoms with Gasteiger partial charge < -0.3 is 0 Å². The van der Waals surface area contributed by atoms with Gasteiger partial charge in [-0.25, -0.2) is 0 Å². The van der Waals surface area contributed by atoms with E-state index in [2.05, 4.69) is 180 Å². The minimum Gasteiger partial charge on any atom is 0 e. The molecule has 0 nitrogen and oxygen atoms in total. The SMILES string of the molecule is CC(C)(C)C1=C[C](=[W])[C](=[W])C1.CC(C)(C)[C-]=[W].CC(C)(C)[C-]=[W].CC(C)(C)[C-]=[W].CC(C)C1=C[C](=[W])[C](=[W])C1.CC(C)C1=C[C](=[W])[C](=[W])C1.CC(C)C1=C[C](=[W])[C](=[W])C1.CC(C)[C-]=[W].[W].[W].[W].[W].[W].[W].[W].[W].[W].[W].[W].[W].[W].[W].[W].[W].[W].[W].[W].[W].[W].[W].[W].[W].[W].[W].[W].[W].[W].[W]. The zero-order valence-electron chi connectivity index (χ0n) is 54.6. The summed E-state index contributed by atoms with van der Waals surface area (Å²) in [6.07, 6.45) is 14.6. The zero-order chi connectivity index (χ0) is 51.7. The van der Waals surface area contributed by atoms with Gasteiger partial charge in [-0.2, -0.15) is 0 Å². The summed E-state index contributed by atoms with van der Waals surface area (Å²) in [6, 6.07) is 0. The van der Waals surface area contributed by atoms with Gasteiger partial charge in [0.2, 0.25) is 0 Å². The van der Waals surface area contributed by atoms with E-state index < -0.39 is 0 Å². The van der Waals surface area contributed by atoms with E-state index in [0.717, 1.165) is 17.8 Å². The second-order valence-electron chi connectivity index (χ2n) is 20.7. The Hall–Kier alpha value is 26.3. The normalized spacial score (nSPS) is 10.7. The van der Waals surface area contributed by atoms with Gasteiger partial charge >= 0.3 is 537 Å². The van der Waals surface area contributed by atoms with Gasteiger partial charge in [0.15, 0.2) is 0 Å². The summed E-state index contributed by atoms with van der Waals surface area (Å²) < 4.78 is 25.7. The molecule has 0 atom stereocenters. The molecule has 0 bridgehead atoms. The predicted octanol–water partition coefficient (Wildman–Crippen LogP) is 10.6. The molecule has 0 saturated carbocycles. The fourth-order valence-corrected chi connectivity index (χ4v) is 10.2. The molecule has 4 rings (SSSR count). The van der Waals surface area contributed by atoms with E-state index in [0.29, 0.717) is 27.6 Å². The van der Waals surface area contributed by atoms with Gasteiger partial charge in [0, 0.05) is 632 Å². The van der Waals surface area contributed by atoms with E-state index in [1.54, 1.807) is 208 Å². The molecule has 0 N–H and O–H groups in total. The fourth-order valence-electron chi connectivity index (χ4n) is 3.86. The third kappa shape index (κ3) is 153. The van der Waals surface area contributed by atoms with E-state index in [1.807, 2.05) is 0 Å². The van der Waals surface area contributed by atoms with Crippen molar-refractivity contribution in [2.45, 2.75) is 164 Å². The second kappa shape index (κ2) is 137. The van der Waals surface area contributed by atoms with Crippen LogP contribution in [0.15, 0.2) is 46.6 Å². The van der Waals surface area contributed by atoms with E-state index in [9.17, 15) is 0 Å². The molecule has 0 radical (unpaired) electrons. The van der Waals surface area contributed by atoms with E-state index in [-0.39, 0.29) is 632 Å². The van der Waals surface area contributed by atoms with Crippen LogP contribution in [-0.2, 0) is 864 Å². The van der Waals surface area contributed by atoms with Gasteiger partial charge in [0.05, 0.1) is 0 Å². The zero-order valence-corrected chi connectivity index (χ0v) is 178. The minimum absolute atomic E-state index is 0. The fraction of sp³-hybridized carbons (Fsp3) is 0.615. The molecule has 0 unspecified atom stereocenters. The number of allylic oxidation sites excluding steroid dienone is 8. The Morgan fingerprint density at radius 3 is 0.436 bits per heavy atom. The van der Waals surface area contributed by atoms with Crippen LogP contribution in [0.1, 0.15) is 164 Å². The third-order valence-corrected chi connectivity index (χ3v) is 35.0. The van der Waals surface area contributed by atoms with Crippen molar-refractivity contribution in [1.82, 2.24) is 0 Å². The minimum atomic E-state index is 0. The molecule has 94 heavy (non-hydrogen) atoms. The predicted molar refractivity (Wildman–Crippen MR) is 248 cm³/mol. The van der Waals surface area contributed by atoms with Crippen LogP contribution in [0.3, 0.4) is 0 Å². The van der Waals surface area contributed by atoms with Crippen LogP contribution in [-0.4, -0.2) is 48.8 Å². The molecule has 0 amide bonds. The van der Waals surface area contributed by atoms with Crippen molar-refractivity contribution in [1.29, 1.82) is 0 Å². The quantitative estimate of drug-likeness (QED) is 0.246. The Morgan fingerprint density at radius 2 is 0.394 bits per heavy atom. The summed E-state index contributed by atoms with van der Waals surface area (Å²) in [5, 5.41) is 0. The van der Waals surface area contributed by atoms with E-state index >= 15 is 0 Å². The largest absolute Gasteiger partial charge is 0 e. The van der Waals surface area contributed by atoms with Crippen LogP contribution in [0.4, 0.5) is 0 Å². The van der Waals surface area contributed by atoms with Crippen molar-refractivity contribution < 1.29 is 864 Å². The van der Waals surface area contributed by atoms with Crippen LogP contribution < -0.4 is 0 Å². The molecule has 0 aliphatic heterocycles. The first kappa shape index (κ1) is 230. The van der Waals surface area contributed by atoms with Gasteiger partial charge in [-0.05, 0) is 0 Å². The van der Waals surface area contributed by atoms with Gasteiger partial charge in [-0.1, -0.05) is 0 Å². The maximum atomic E-state index is 3.19. The summed E-state index contributed by atoms with van der Waals surface area (Å²) in [5.41, 5.74) is 7.89. The Morgan fingerprint density at radius 1 is 0.266 bits per heavy atom. The summed E-state index contributed by atoms with van der Waals surface area (Å²) in [7, 11) is 0. The van der Waals surface area contributed by atoms with Crippen molar-refractivity contribution in [2.24, 2.45) is 45.3 Å². The average Bonchev–Trinajstić information content (AvgIpc) is 3.91. The molecule has 42 heteroatoms. The number of hydrogen-bond donors (Lipinski definition) is 0. The molecule has 4 aliphatic rings. The Balaban J connectivity index is -0.0000000132. The Bertz CT molecular complexity index is 1690. The standard InChI is InChI=1S/C9H12.3C8H10.3C5H9.C4H7.42W/c1-9(2,3)8-6-4-5-7-8;3*1-7(2)8-5-3-4-6-8;3*1-5(2,3)4;1-4(2)3;;;;;;;;;;;;;;;;;;;;;;;;;;;;;;;;;;;;;;;;;;/h6H,7H2,1-3H3;3*5,7H,6H2,1-2H3;3*1-3H3;4H,1-2H3;;;;;;;;;;;;;;;;;;;;;;;;;;;;;;;;;;;;;;;;;;/q;;;;4*-1;;;;;;;;;;;;;;;;;;;;;;;;;;;;;;;;;;;;;;;;;;. The van der Waals surface area contributed by atoms with Crippen molar-refractivity contribution in [2.75, 3.05) is 0 Å². The molecule has 0 aromatic carbocycles. The smallest absolute Gasteiger partial charge is 0 e. The summed E-state index contributed by atoms with van der Waals surface area (Å²) in [6.45, 7) is 44.2.